The van der Waals surface area contributed by atoms with E-state index in [2.05, 4.69) is 10.2 Å². The van der Waals surface area contributed by atoms with Crippen molar-refractivity contribution in [3.05, 3.63) is 0 Å². The minimum atomic E-state index is -0.176. The van der Waals surface area contributed by atoms with Gasteiger partial charge in [0.2, 0.25) is 5.91 Å². The molecule has 4 nitrogen and oxygen atoms in total. The van der Waals surface area contributed by atoms with E-state index in [0.717, 1.165) is 32.1 Å². The SMILES string of the molecule is O=C(C1CC2CCC1N2)N1C2CCC1CC(O)C2. The molecule has 4 bridgehead atoms. The fourth-order valence-corrected chi connectivity index (χ4v) is 4.80. The van der Waals surface area contributed by atoms with Crippen LogP contribution in [0.3, 0.4) is 0 Å². The molecule has 1 amide bonds. The number of nitrogens with zero attached hydrogens (tertiary/aromatic N) is 1. The zero-order valence-corrected chi connectivity index (χ0v) is 10.7. The Bertz CT molecular complexity index is 359. The topological polar surface area (TPSA) is 52.6 Å². The molecular formula is C14H22N2O2. The predicted octanol–water partition coefficient (Wildman–Crippen LogP) is 0.641. The second-order valence-corrected chi connectivity index (χ2v) is 6.65. The third kappa shape index (κ3) is 1.55. The molecule has 0 spiro atoms. The van der Waals surface area contributed by atoms with Crippen LogP contribution in [0, 0.1) is 5.92 Å². The van der Waals surface area contributed by atoms with Crippen molar-refractivity contribution in [2.24, 2.45) is 5.92 Å². The quantitative estimate of drug-likeness (QED) is 0.718. The largest absolute Gasteiger partial charge is 0.393 e. The third-order valence-corrected chi connectivity index (χ3v) is 5.58. The van der Waals surface area contributed by atoms with E-state index in [0.29, 0.717) is 30.1 Å². The summed E-state index contributed by atoms with van der Waals surface area (Å²) in [5.41, 5.74) is 0. The lowest BCUT2D eigenvalue weighted by atomic mass is 9.86. The van der Waals surface area contributed by atoms with E-state index in [1.807, 2.05) is 0 Å². The molecular weight excluding hydrogens is 228 g/mol. The van der Waals surface area contributed by atoms with Crippen molar-refractivity contribution in [3.63, 3.8) is 0 Å². The smallest absolute Gasteiger partial charge is 0.227 e. The van der Waals surface area contributed by atoms with Gasteiger partial charge in [0.25, 0.3) is 0 Å². The fraction of sp³-hybridized carbons (Fsp3) is 0.929. The number of amides is 1. The summed E-state index contributed by atoms with van der Waals surface area (Å²) >= 11 is 0. The summed E-state index contributed by atoms with van der Waals surface area (Å²) in [7, 11) is 0. The molecule has 18 heavy (non-hydrogen) atoms. The Labute approximate surface area is 108 Å². The number of aliphatic hydroxyl groups excluding tert-OH is 1. The number of rotatable bonds is 1. The van der Waals surface area contributed by atoms with Crippen molar-refractivity contribution in [2.75, 3.05) is 0 Å². The minimum absolute atomic E-state index is 0.176. The lowest BCUT2D eigenvalue weighted by Gasteiger charge is -2.39. The molecule has 100 valence electrons. The molecule has 4 aliphatic rings. The van der Waals surface area contributed by atoms with Gasteiger partial charge in [-0.3, -0.25) is 4.79 Å². The van der Waals surface area contributed by atoms with Gasteiger partial charge in [-0.15, -0.1) is 0 Å². The third-order valence-electron chi connectivity index (χ3n) is 5.58. The molecule has 4 heterocycles. The van der Waals surface area contributed by atoms with Gasteiger partial charge >= 0.3 is 0 Å². The van der Waals surface area contributed by atoms with E-state index in [9.17, 15) is 9.90 Å². The first kappa shape index (κ1) is 11.2. The Morgan fingerprint density at radius 1 is 1.06 bits per heavy atom. The number of hydrogen-bond acceptors (Lipinski definition) is 3. The number of piperidine rings is 1. The Hall–Kier alpha value is -0.610. The molecule has 0 aromatic heterocycles. The molecule has 4 saturated heterocycles. The van der Waals surface area contributed by atoms with Crippen LogP contribution in [0.5, 0.6) is 0 Å². The zero-order chi connectivity index (χ0) is 12.3. The van der Waals surface area contributed by atoms with Crippen LogP contribution in [0.2, 0.25) is 0 Å². The average Bonchev–Trinajstić information content (AvgIpc) is 3.02. The van der Waals surface area contributed by atoms with Crippen LogP contribution in [0.4, 0.5) is 0 Å². The van der Waals surface area contributed by atoms with Crippen molar-refractivity contribution in [1.82, 2.24) is 10.2 Å². The van der Waals surface area contributed by atoms with Crippen LogP contribution >= 0.6 is 0 Å². The molecule has 0 saturated carbocycles. The summed E-state index contributed by atoms with van der Waals surface area (Å²) in [5, 5.41) is 13.4. The lowest BCUT2D eigenvalue weighted by molar-refractivity contribution is -0.142. The molecule has 4 aliphatic heterocycles. The van der Waals surface area contributed by atoms with Crippen molar-refractivity contribution < 1.29 is 9.90 Å². The van der Waals surface area contributed by atoms with E-state index >= 15 is 0 Å². The number of hydrogen-bond donors (Lipinski definition) is 2. The predicted molar refractivity (Wildman–Crippen MR) is 66.9 cm³/mol. The minimum Gasteiger partial charge on any atom is -0.393 e. The Morgan fingerprint density at radius 3 is 2.33 bits per heavy atom. The number of aliphatic hydroxyl groups is 1. The highest BCUT2D eigenvalue weighted by Crippen LogP contribution is 2.40. The van der Waals surface area contributed by atoms with Gasteiger partial charge in [-0.25, -0.2) is 0 Å². The molecule has 2 N–H and O–H groups in total. The highest BCUT2D eigenvalue weighted by atomic mass is 16.3. The van der Waals surface area contributed by atoms with Crippen molar-refractivity contribution in [3.8, 4) is 0 Å². The maximum absolute atomic E-state index is 12.8. The van der Waals surface area contributed by atoms with Gasteiger partial charge in [-0.1, -0.05) is 0 Å². The number of fused-ring (bicyclic) bond motifs is 4. The highest BCUT2D eigenvalue weighted by molar-refractivity contribution is 5.81. The van der Waals surface area contributed by atoms with Gasteiger partial charge in [0.15, 0.2) is 0 Å². The molecule has 4 heteroatoms. The van der Waals surface area contributed by atoms with Crippen LogP contribution < -0.4 is 5.32 Å². The first-order valence-electron chi connectivity index (χ1n) is 7.48. The summed E-state index contributed by atoms with van der Waals surface area (Å²) in [4.78, 5) is 14.9. The lowest BCUT2D eigenvalue weighted by Crippen LogP contribution is -2.51. The average molecular weight is 250 g/mol. The summed E-state index contributed by atoms with van der Waals surface area (Å²) in [6.07, 6.45) is 7.09. The summed E-state index contributed by atoms with van der Waals surface area (Å²) in [6.45, 7) is 0. The van der Waals surface area contributed by atoms with Gasteiger partial charge in [0, 0.05) is 24.2 Å². The van der Waals surface area contributed by atoms with Crippen LogP contribution in [0.1, 0.15) is 44.9 Å². The van der Waals surface area contributed by atoms with Crippen LogP contribution in [-0.4, -0.2) is 46.2 Å². The van der Waals surface area contributed by atoms with Gasteiger partial charge in [0.1, 0.15) is 0 Å². The summed E-state index contributed by atoms with van der Waals surface area (Å²) < 4.78 is 0. The van der Waals surface area contributed by atoms with E-state index < -0.39 is 0 Å². The van der Waals surface area contributed by atoms with Crippen molar-refractivity contribution in [2.45, 2.75) is 75.2 Å². The van der Waals surface area contributed by atoms with Crippen molar-refractivity contribution >= 4 is 5.91 Å². The Kier molecular flexibility index (Phi) is 2.46. The molecule has 0 aromatic rings. The number of carbonyl (C=O) groups is 1. The molecule has 4 rings (SSSR count). The maximum Gasteiger partial charge on any atom is 0.227 e. The van der Waals surface area contributed by atoms with Crippen molar-refractivity contribution in [1.29, 1.82) is 0 Å². The molecule has 5 atom stereocenters. The normalized spacial score (nSPS) is 49.9. The van der Waals surface area contributed by atoms with Gasteiger partial charge < -0.3 is 15.3 Å². The molecule has 0 aliphatic carbocycles. The van der Waals surface area contributed by atoms with E-state index in [1.54, 1.807) is 0 Å². The highest BCUT2D eigenvalue weighted by Gasteiger charge is 2.49. The van der Waals surface area contributed by atoms with Gasteiger partial charge in [-0.05, 0) is 44.9 Å². The second-order valence-electron chi connectivity index (χ2n) is 6.65. The maximum atomic E-state index is 12.8. The molecule has 0 radical (unpaired) electrons. The first-order valence-corrected chi connectivity index (χ1v) is 7.48. The van der Waals surface area contributed by atoms with Gasteiger partial charge in [0.05, 0.1) is 12.0 Å². The van der Waals surface area contributed by atoms with E-state index in [-0.39, 0.29) is 12.0 Å². The summed E-state index contributed by atoms with van der Waals surface area (Å²) in [5.74, 6) is 0.608. The number of nitrogens with one attached hydrogen (secondary N) is 1. The Balaban J connectivity index is 1.52. The second kappa shape index (κ2) is 3.94. The monoisotopic (exact) mass is 250 g/mol. The fourth-order valence-electron chi connectivity index (χ4n) is 4.80. The number of carbonyl (C=O) groups excluding carboxylic acids is 1. The van der Waals surface area contributed by atoms with Gasteiger partial charge in [-0.2, -0.15) is 0 Å². The Morgan fingerprint density at radius 2 is 1.78 bits per heavy atom. The molecule has 5 unspecified atom stereocenters. The van der Waals surface area contributed by atoms with E-state index in [4.69, 9.17) is 0 Å². The standard InChI is InChI=1S/C14H22N2O2/c17-11-6-9-2-3-10(7-11)16(9)14(18)12-5-8-1-4-13(12)15-8/h8-13,15,17H,1-7H2. The summed E-state index contributed by atoms with van der Waals surface area (Å²) in [6, 6.07) is 1.68. The molecule has 0 aromatic carbocycles. The van der Waals surface area contributed by atoms with Crippen LogP contribution in [0.25, 0.3) is 0 Å². The van der Waals surface area contributed by atoms with Crippen LogP contribution in [-0.2, 0) is 4.79 Å². The van der Waals surface area contributed by atoms with Crippen LogP contribution in [0.15, 0.2) is 0 Å². The molecule has 4 fully saturated rings. The zero-order valence-electron chi connectivity index (χ0n) is 10.7. The first-order chi connectivity index (χ1) is 8.72. The van der Waals surface area contributed by atoms with E-state index in [1.165, 1.54) is 12.8 Å².